The maximum atomic E-state index is 10.9. The zero-order valence-corrected chi connectivity index (χ0v) is 13.1. The number of carboxylic acids is 1. The van der Waals surface area contributed by atoms with Crippen LogP contribution in [0, 0.1) is 0 Å². The molecule has 1 aromatic heterocycles. The predicted octanol–water partition coefficient (Wildman–Crippen LogP) is 2.83. The van der Waals surface area contributed by atoms with Gasteiger partial charge in [-0.3, -0.25) is 0 Å². The number of carbonyl (C=O) groups is 1. The van der Waals surface area contributed by atoms with Gasteiger partial charge in [0.1, 0.15) is 5.69 Å². The Morgan fingerprint density at radius 3 is 2.33 bits per heavy atom. The lowest BCUT2D eigenvalue weighted by Gasteiger charge is -2.16. The number of carboxylic acid groups (broad SMARTS) is 1. The summed E-state index contributed by atoms with van der Waals surface area (Å²) in [5, 5.41) is 12.6. The van der Waals surface area contributed by atoms with Gasteiger partial charge in [-0.2, -0.15) is 0 Å². The van der Waals surface area contributed by atoms with Crippen molar-refractivity contribution in [3.8, 4) is 28.5 Å². The number of rotatable bonds is 5. The SMILES string of the molecule is COc1cc(Br)c(-c2cc(C(=O)O)on2)c(OC)c1OC. The van der Waals surface area contributed by atoms with Crippen molar-refractivity contribution in [2.75, 3.05) is 21.3 Å². The van der Waals surface area contributed by atoms with Gasteiger partial charge in [-0.15, -0.1) is 0 Å². The first kappa shape index (κ1) is 15.2. The van der Waals surface area contributed by atoms with Crippen LogP contribution in [0.2, 0.25) is 0 Å². The van der Waals surface area contributed by atoms with Crippen LogP contribution in [0.4, 0.5) is 0 Å². The highest BCUT2D eigenvalue weighted by Crippen LogP contribution is 2.48. The molecule has 0 fully saturated rings. The smallest absolute Gasteiger partial charge is 0.374 e. The van der Waals surface area contributed by atoms with Gasteiger partial charge in [0.15, 0.2) is 11.5 Å². The van der Waals surface area contributed by atoms with Crippen LogP contribution in [0.3, 0.4) is 0 Å². The molecule has 1 N–H and O–H groups in total. The fourth-order valence-corrected chi connectivity index (χ4v) is 2.45. The first-order valence-electron chi connectivity index (χ1n) is 5.72. The van der Waals surface area contributed by atoms with Crippen molar-refractivity contribution in [3.05, 3.63) is 22.4 Å². The Morgan fingerprint density at radius 2 is 1.86 bits per heavy atom. The molecule has 2 rings (SSSR count). The molecular weight excluding hydrogens is 346 g/mol. The quantitative estimate of drug-likeness (QED) is 0.879. The third kappa shape index (κ3) is 2.66. The molecule has 1 aromatic carbocycles. The number of aromatic nitrogens is 1. The number of hydrogen-bond acceptors (Lipinski definition) is 6. The van der Waals surface area contributed by atoms with Crippen molar-refractivity contribution in [2.24, 2.45) is 0 Å². The summed E-state index contributed by atoms with van der Waals surface area (Å²) in [6.45, 7) is 0. The molecule has 0 atom stereocenters. The minimum atomic E-state index is -1.20. The topological polar surface area (TPSA) is 91.0 Å². The molecule has 0 amide bonds. The van der Waals surface area contributed by atoms with E-state index in [9.17, 15) is 4.79 Å². The maximum absolute atomic E-state index is 10.9. The molecule has 0 bridgehead atoms. The van der Waals surface area contributed by atoms with Gasteiger partial charge in [-0.1, -0.05) is 5.16 Å². The van der Waals surface area contributed by atoms with E-state index in [4.69, 9.17) is 23.8 Å². The van der Waals surface area contributed by atoms with Crippen LogP contribution in [-0.4, -0.2) is 37.6 Å². The zero-order valence-electron chi connectivity index (χ0n) is 11.5. The molecular formula is C13H12BrNO6. The van der Waals surface area contributed by atoms with E-state index in [1.165, 1.54) is 27.4 Å². The third-order valence-corrected chi connectivity index (χ3v) is 3.38. The fraction of sp³-hybridized carbons (Fsp3) is 0.231. The van der Waals surface area contributed by atoms with Crippen LogP contribution in [0.1, 0.15) is 10.6 Å². The standard InChI is InChI=1S/C13H12BrNO6/c1-18-8-4-6(14)10(12(20-3)11(8)19-2)7-5-9(13(16)17)21-15-7/h4-5H,1-3H3,(H,16,17). The van der Waals surface area contributed by atoms with E-state index in [-0.39, 0.29) is 5.76 Å². The van der Waals surface area contributed by atoms with Crippen molar-refractivity contribution < 1.29 is 28.6 Å². The summed E-state index contributed by atoms with van der Waals surface area (Å²) in [7, 11) is 4.44. The van der Waals surface area contributed by atoms with Gasteiger partial charge in [-0.05, 0) is 22.0 Å². The zero-order chi connectivity index (χ0) is 15.6. The minimum absolute atomic E-state index is 0.270. The molecule has 0 saturated carbocycles. The Morgan fingerprint density at radius 1 is 1.19 bits per heavy atom. The van der Waals surface area contributed by atoms with Gasteiger partial charge < -0.3 is 23.8 Å². The van der Waals surface area contributed by atoms with Crippen LogP contribution >= 0.6 is 15.9 Å². The summed E-state index contributed by atoms with van der Waals surface area (Å²) in [5.41, 5.74) is 0.809. The highest BCUT2D eigenvalue weighted by Gasteiger charge is 2.24. The average molecular weight is 358 g/mol. The fourth-order valence-electron chi connectivity index (χ4n) is 1.86. The van der Waals surface area contributed by atoms with Gasteiger partial charge in [0, 0.05) is 10.5 Å². The Labute approximate surface area is 128 Å². The summed E-state index contributed by atoms with van der Waals surface area (Å²) in [6.07, 6.45) is 0. The van der Waals surface area contributed by atoms with Crippen LogP contribution in [0.5, 0.6) is 17.2 Å². The van der Waals surface area contributed by atoms with Crippen molar-refractivity contribution in [3.63, 3.8) is 0 Å². The van der Waals surface area contributed by atoms with E-state index in [0.29, 0.717) is 33.0 Å². The van der Waals surface area contributed by atoms with Crippen LogP contribution < -0.4 is 14.2 Å². The van der Waals surface area contributed by atoms with E-state index in [1.54, 1.807) is 6.07 Å². The molecule has 0 unspecified atom stereocenters. The summed E-state index contributed by atoms with van der Waals surface area (Å²) in [4.78, 5) is 10.9. The van der Waals surface area contributed by atoms with Crippen molar-refractivity contribution >= 4 is 21.9 Å². The summed E-state index contributed by atoms with van der Waals surface area (Å²) in [5.74, 6) is -0.281. The molecule has 0 spiro atoms. The number of halogens is 1. The first-order chi connectivity index (χ1) is 10.0. The molecule has 21 heavy (non-hydrogen) atoms. The van der Waals surface area contributed by atoms with Crippen molar-refractivity contribution in [2.45, 2.75) is 0 Å². The van der Waals surface area contributed by atoms with E-state index in [2.05, 4.69) is 21.1 Å². The Kier molecular flexibility index (Phi) is 4.37. The highest BCUT2D eigenvalue weighted by molar-refractivity contribution is 9.10. The van der Waals surface area contributed by atoms with Gasteiger partial charge in [0.25, 0.3) is 0 Å². The number of ether oxygens (including phenoxy) is 3. The molecule has 7 nitrogen and oxygen atoms in total. The number of aromatic carboxylic acids is 1. The maximum Gasteiger partial charge on any atom is 0.374 e. The third-order valence-electron chi connectivity index (χ3n) is 2.76. The number of benzene rings is 1. The van der Waals surface area contributed by atoms with Gasteiger partial charge in [-0.25, -0.2) is 4.79 Å². The Balaban J connectivity index is 2.69. The average Bonchev–Trinajstić information content (AvgIpc) is 2.95. The molecule has 0 saturated heterocycles. The second kappa shape index (κ2) is 6.04. The highest BCUT2D eigenvalue weighted by atomic mass is 79.9. The lowest BCUT2D eigenvalue weighted by atomic mass is 10.1. The van der Waals surface area contributed by atoms with E-state index in [0.717, 1.165) is 0 Å². The second-order valence-corrected chi connectivity index (χ2v) is 4.74. The second-order valence-electron chi connectivity index (χ2n) is 3.88. The molecule has 8 heteroatoms. The Hall–Kier alpha value is -2.22. The van der Waals surface area contributed by atoms with E-state index in [1.807, 2.05) is 0 Å². The lowest BCUT2D eigenvalue weighted by molar-refractivity contribution is 0.0652. The molecule has 0 aliphatic heterocycles. The Bertz CT molecular complexity index is 682. The largest absolute Gasteiger partial charge is 0.493 e. The molecule has 0 radical (unpaired) electrons. The monoisotopic (exact) mass is 357 g/mol. The molecule has 2 aromatic rings. The van der Waals surface area contributed by atoms with Crippen molar-refractivity contribution in [1.82, 2.24) is 5.16 Å². The summed E-state index contributed by atoms with van der Waals surface area (Å²) < 4.78 is 21.2. The summed E-state index contributed by atoms with van der Waals surface area (Å²) in [6, 6.07) is 2.97. The van der Waals surface area contributed by atoms with Crippen LogP contribution in [0.25, 0.3) is 11.3 Å². The molecule has 0 aliphatic rings. The van der Waals surface area contributed by atoms with Crippen LogP contribution in [-0.2, 0) is 0 Å². The van der Waals surface area contributed by atoms with Gasteiger partial charge >= 0.3 is 5.97 Å². The summed E-state index contributed by atoms with van der Waals surface area (Å²) >= 11 is 3.38. The van der Waals surface area contributed by atoms with E-state index < -0.39 is 5.97 Å². The van der Waals surface area contributed by atoms with Gasteiger partial charge in [0.05, 0.1) is 26.9 Å². The lowest BCUT2D eigenvalue weighted by Crippen LogP contribution is -1.98. The molecule has 0 aliphatic carbocycles. The predicted molar refractivity (Wildman–Crippen MR) is 76.3 cm³/mol. The van der Waals surface area contributed by atoms with E-state index >= 15 is 0 Å². The van der Waals surface area contributed by atoms with Crippen LogP contribution in [0.15, 0.2) is 21.1 Å². The molecule has 112 valence electrons. The number of methoxy groups -OCH3 is 3. The minimum Gasteiger partial charge on any atom is -0.493 e. The first-order valence-corrected chi connectivity index (χ1v) is 6.51. The molecule has 1 heterocycles. The van der Waals surface area contributed by atoms with Gasteiger partial charge in [0.2, 0.25) is 11.5 Å². The number of hydrogen-bond donors (Lipinski definition) is 1. The number of nitrogens with zero attached hydrogens (tertiary/aromatic N) is 1. The normalized spacial score (nSPS) is 10.3. The van der Waals surface area contributed by atoms with Crippen molar-refractivity contribution in [1.29, 1.82) is 0 Å².